The van der Waals surface area contributed by atoms with E-state index in [2.05, 4.69) is 33.9 Å². The van der Waals surface area contributed by atoms with Crippen molar-refractivity contribution >= 4 is 14.1 Å². The van der Waals surface area contributed by atoms with Crippen LogP contribution in [0.2, 0.25) is 18.1 Å². The van der Waals surface area contributed by atoms with Crippen molar-refractivity contribution in [3.05, 3.63) is 0 Å². The molecule has 118 valence electrons. The molecule has 0 radical (unpaired) electrons. The van der Waals surface area contributed by atoms with Crippen LogP contribution >= 0.6 is 0 Å². The fraction of sp³-hybridized carbons (Fsp3) is 0.929. The molecule has 0 aromatic rings. The van der Waals surface area contributed by atoms with Crippen LogP contribution in [0.5, 0.6) is 0 Å². The maximum Gasteiger partial charge on any atom is 0.398 e. The maximum absolute atomic E-state index is 12.8. The Bertz CT molecular complexity index is 358. The van der Waals surface area contributed by atoms with Gasteiger partial charge in [0.25, 0.3) is 0 Å². The minimum Gasteiger partial charge on any atom is -0.414 e. The average molecular weight is 310 g/mol. The largest absolute Gasteiger partial charge is 0.414 e. The van der Waals surface area contributed by atoms with Crippen molar-refractivity contribution in [2.24, 2.45) is 5.92 Å². The van der Waals surface area contributed by atoms with E-state index in [0.29, 0.717) is 12.8 Å². The lowest BCUT2D eigenvalue weighted by atomic mass is 9.98. The van der Waals surface area contributed by atoms with Crippen LogP contribution in [0.15, 0.2) is 0 Å². The molecular formula is C14H25F3O2Si. The SMILES string of the molecule is CC(C)(C)[Si](C)(C)O[C@H]1CCC(=O)[C@@H](C(F)(F)F)CC1. The minimum absolute atomic E-state index is 0.0206. The van der Waals surface area contributed by atoms with Crippen LogP contribution in [-0.2, 0) is 9.22 Å². The van der Waals surface area contributed by atoms with Crippen LogP contribution in [0.25, 0.3) is 0 Å². The Morgan fingerprint density at radius 3 is 2.10 bits per heavy atom. The van der Waals surface area contributed by atoms with Crippen molar-refractivity contribution < 1.29 is 22.4 Å². The number of Topliss-reactive ketones (excluding diaryl/α,β-unsaturated/α-hetero) is 1. The van der Waals surface area contributed by atoms with E-state index < -0.39 is 26.2 Å². The number of hydrogen-bond acceptors (Lipinski definition) is 2. The summed E-state index contributed by atoms with van der Waals surface area (Å²) in [5.41, 5.74) is 0. The highest BCUT2D eigenvalue weighted by Gasteiger charge is 2.46. The fourth-order valence-corrected chi connectivity index (χ4v) is 3.62. The third-order valence-corrected chi connectivity index (χ3v) is 9.08. The topological polar surface area (TPSA) is 26.3 Å². The molecule has 2 nitrogen and oxygen atoms in total. The number of ketones is 1. The van der Waals surface area contributed by atoms with E-state index in [1.807, 2.05) is 0 Å². The highest BCUT2D eigenvalue weighted by Crippen LogP contribution is 2.40. The molecule has 0 N–H and O–H groups in total. The Balaban J connectivity index is 2.72. The van der Waals surface area contributed by atoms with Gasteiger partial charge in [0, 0.05) is 12.5 Å². The van der Waals surface area contributed by atoms with E-state index in [1.54, 1.807) is 0 Å². The predicted molar refractivity (Wildman–Crippen MR) is 75.1 cm³/mol. The summed E-state index contributed by atoms with van der Waals surface area (Å²) in [4.78, 5) is 11.6. The van der Waals surface area contributed by atoms with Crippen LogP contribution in [0, 0.1) is 5.92 Å². The lowest BCUT2D eigenvalue weighted by Gasteiger charge is -2.39. The normalized spacial score (nSPS) is 26.5. The summed E-state index contributed by atoms with van der Waals surface area (Å²) < 4.78 is 44.5. The van der Waals surface area contributed by atoms with Crippen molar-refractivity contribution in [1.82, 2.24) is 0 Å². The molecule has 0 aromatic heterocycles. The number of halogens is 3. The van der Waals surface area contributed by atoms with Gasteiger partial charge >= 0.3 is 6.18 Å². The van der Waals surface area contributed by atoms with Gasteiger partial charge in [-0.15, -0.1) is 0 Å². The molecule has 1 aliphatic carbocycles. The molecule has 0 spiro atoms. The number of alkyl halides is 3. The Morgan fingerprint density at radius 2 is 1.65 bits per heavy atom. The van der Waals surface area contributed by atoms with Gasteiger partial charge < -0.3 is 4.43 Å². The summed E-state index contributed by atoms with van der Waals surface area (Å²) in [6.45, 7) is 10.5. The first-order valence-corrected chi connectivity index (χ1v) is 10.0. The van der Waals surface area contributed by atoms with Gasteiger partial charge in [-0.25, -0.2) is 0 Å². The van der Waals surface area contributed by atoms with Crippen molar-refractivity contribution in [3.63, 3.8) is 0 Å². The molecule has 0 saturated heterocycles. The molecular weight excluding hydrogens is 285 g/mol. The quantitative estimate of drug-likeness (QED) is 0.546. The molecule has 1 aliphatic rings. The summed E-state index contributed by atoms with van der Waals surface area (Å²) in [5, 5.41) is 0.0206. The van der Waals surface area contributed by atoms with Crippen LogP contribution in [-0.4, -0.2) is 26.4 Å². The molecule has 0 amide bonds. The highest BCUT2D eigenvalue weighted by atomic mass is 28.4. The van der Waals surface area contributed by atoms with Crippen LogP contribution < -0.4 is 0 Å². The van der Waals surface area contributed by atoms with Gasteiger partial charge in [0.05, 0.1) is 0 Å². The lowest BCUT2D eigenvalue weighted by Crippen LogP contribution is -2.43. The van der Waals surface area contributed by atoms with Crippen molar-refractivity contribution in [3.8, 4) is 0 Å². The third kappa shape index (κ3) is 4.31. The molecule has 0 bridgehead atoms. The average Bonchev–Trinajstić information content (AvgIpc) is 2.38. The summed E-state index contributed by atoms with van der Waals surface area (Å²) in [7, 11) is -2.00. The van der Waals surface area contributed by atoms with Crippen molar-refractivity contribution in [2.75, 3.05) is 0 Å². The molecule has 6 heteroatoms. The highest BCUT2D eigenvalue weighted by molar-refractivity contribution is 6.74. The first-order valence-electron chi connectivity index (χ1n) is 7.12. The zero-order valence-electron chi connectivity index (χ0n) is 12.9. The lowest BCUT2D eigenvalue weighted by molar-refractivity contribution is -0.182. The molecule has 0 aromatic carbocycles. The second kappa shape index (κ2) is 5.79. The predicted octanol–water partition coefficient (Wildman–Crippen LogP) is 4.70. The molecule has 2 atom stereocenters. The molecule has 0 aliphatic heterocycles. The van der Waals surface area contributed by atoms with Gasteiger partial charge in [-0.1, -0.05) is 20.8 Å². The second-order valence-corrected chi connectivity index (χ2v) is 11.9. The van der Waals surface area contributed by atoms with Gasteiger partial charge in [-0.05, 0) is 37.4 Å². The van der Waals surface area contributed by atoms with Gasteiger partial charge in [-0.2, -0.15) is 13.2 Å². The van der Waals surface area contributed by atoms with Gasteiger partial charge in [0.15, 0.2) is 8.32 Å². The minimum atomic E-state index is -4.41. The van der Waals surface area contributed by atoms with E-state index in [-0.39, 0.29) is 24.0 Å². The van der Waals surface area contributed by atoms with Crippen LogP contribution in [0.4, 0.5) is 13.2 Å². The molecule has 0 unspecified atom stereocenters. The number of carbonyl (C=O) groups is 1. The van der Waals surface area contributed by atoms with Gasteiger partial charge in [-0.3, -0.25) is 4.79 Å². The fourth-order valence-electron chi connectivity index (χ4n) is 2.19. The first-order chi connectivity index (χ1) is 8.84. The first kappa shape index (κ1) is 17.7. The standard InChI is InChI=1S/C14H25F3O2Si/c1-13(2,3)20(4,5)19-10-6-8-11(14(15,16)17)12(18)9-7-10/h10-11H,6-9H2,1-5H3/t10-,11+/m1/s1. The van der Waals surface area contributed by atoms with Crippen molar-refractivity contribution in [1.29, 1.82) is 0 Å². The Hall–Kier alpha value is -0.363. The Morgan fingerprint density at radius 1 is 1.10 bits per heavy atom. The maximum atomic E-state index is 12.8. The summed E-state index contributed by atoms with van der Waals surface area (Å²) in [5.74, 6) is -2.48. The zero-order valence-corrected chi connectivity index (χ0v) is 13.9. The smallest absolute Gasteiger partial charge is 0.398 e. The summed E-state index contributed by atoms with van der Waals surface area (Å²) >= 11 is 0. The number of hydrogen-bond donors (Lipinski definition) is 0. The number of rotatable bonds is 2. The van der Waals surface area contributed by atoms with Gasteiger partial charge in [0.1, 0.15) is 11.7 Å². The van der Waals surface area contributed by atoms with E-state index in [0.717, 1.165) is 0 Å². The molecule has 0 heterocycles. The number of carbonyl (C=O) groups excluding carboxylic acids is 1. The van der Waals surface area contributed by atoms with Crippen LogP contribution in [0.1, 0.15) is 46.5 Å². The molecule has 1 rings (SSSR count). The second-order valence-electron chi connectivity index (χ2n) is 7.18. The van der Waals surface area contributed by atoms with E-state index in [1.165, 1.54) is 0 Å². The molecule has 20 heavy (non-hydrogen) atoms. The van der Waals surface area contributed by atoms with E-state index in [4.69, 9.17) is 4.43 Å². The molecule has 1 saturated carbocycles. The summed E-state index contributed by atoms with van der Waals surface area (Å²) in [6, 6.07) is 0. The third-order valence-electron chi connectivity index (χ3n) is 4.54. The molecule has 1 fully saturated rings. The van der Waals surface area contributed by atoms with Crippen LogP contribution in [0.3, 0.4) is 0 Å². The Labute approximate surface area is 120 Å². The zero-order chi connectivity index (χ0) is 15.8. The van der Waals surface area contributed by atoms with Crippen molar-refractivity contribution in [2.45, 2.75) is 76.9 Å². The monoisotopic (exact) mass is 310 g/mol. The summed E-state index contributed by atoms with van der Waals surface area (Å²) in [6.07, 6.45) is -4.05. The van der Waals surface area contributed by atoms with E-state index in [9.17, 15) is 18.0 Å². The van der Waals surface area contributed by atoms with Gasteiger partial charge in [0.2, 0.25) is 0 Å². The Kier molecular flexibility index (Phi) is 5.12. The van der Waals surface area contributed by atoms with E-state index >= 15 is 0 Å².